The Balaban J connectivity index is 1.28. The molecule has 1 aliphatic heterocycles. The second-order valence-corrected chi connectivity index (χ2v) is 7.27. The third-order valence-corrected chi connectivity index (χ3v) is 5.92. The van der Waals surface area contributed by atoms with Gasteiger partial charge in [0, 0.05) is 37.9 Å². The third kappa shape index (κ3) is 3.49. The molecule has 0 radical (unpaired) electrons. The fourth-order valence-electron chi connectivity index (χ4n) is 4.48. The van der Waals surface area contributed by atoms with Crippen LogP contribution in [0.2, 0.25) is 0 Å². The first-order valence-electron chi connectivity index (χ1n) is 9.49. The number of nitrogens with zero attached hydrogens (tertiary/aromatic N) is 2. The minimum absolute atomic E-state index is 0.785. The van der Waals surface area contributed by atoms with E-state index >= 15 is 0 Å². The van der Waals surface area contributed by atoms with Gasteiger partial charge in [0.2, 0.25) is 0 Å². The predicted octanol–water partition coefficient (Wildman–Crippen LogP) is 4.54. The van der Waals surface area contributed by atoms with Gasteiger partial charge in [-0.2, -0.15) is 0 Å². The molecule has 2 nitrogen and oxygen atoms in total. The van der Waals surface area contributed by atoms with Crippen LogP contribution in [0.1, 0.15) is 37.2 Å². The first kappa shape index (κ1) is 15.7. The standard InChI is InChI=1S/C22H28N2/c1-3-7-19(8-4-1)20-11-13-22(14-12-20)24-17-15-23(16-18-24)21-9-5-2-6-10-21/h1-10,20,22H,11-18H2/t20-,22-. The molecular weight excluding hydrogens is 292 g/mol. The minimum Gasteiger partial charge on any atom is -0.369 e. The van der Waals surface area contributed by atoms with Crippen molar-refractivity contribution in [1.82, 2.24) is 4.90 Å². The van der Waals surface area contributed by atoms with Crippen LogP contribution >= 0.6 is 0 Å². The van der Waals surface area contributed by atoms with Gasteiger partial charge in [-0.05, 0) is 49.3 Å². The molecule has 1 saturated heterocycles. The van der Waals surface area contributed by atoms with E-state index in [2.05, 4.69) is 70.5 Å². The minimum atomic E-state index is 0.785. The van der Waals surface area contributed by atoms with Gasteiger partial charge in [-0.1, -0.05) is 48.5 Å². The Morgan fingerprint density at radius 3 is 1.83 bits per heavy atom. The van der Waals surface area contributed by atoms with E-state index in [0.29, 0.717) is 0 Å². The lowest BCUT2D eigenvalue weighted by Crippen LogP contribution is -2.51. The molecule has 0 N–H and O–H groups in total. The number of para-hydroxylation sites is 1. The van der Waals surface area contributed by atoms with E-state index in [4.69, 9.17) is 0 Å². The van der Waals surface area contributed by atoms with Gasteiger partial charge < -0.3 is 4.90 Å². The van der Waals surface area contributed by atoms with Crippen LogP contribution in [-0.4, -0.2) is 37.1 Å². The highest BCUT2D eigenvalue weighted by atomic mass is 15.3. The molecule has 2 aliphatic rings. The summed E-state index contributed by atoms with van der Waals surface area (Å²) in [6.07, 6.45) is 5.44. The van der Waals surface area contributed by atoms with Crippen molar-refractivity contribution in [3.63, 3.8) is 0 Å². The average Bonchev–Trinajstić information content (AvgIpc) is 2.70. The second kappa shape index (κ2) is 7.40. The van der Waals surface area contributed by atoms with E-state index in [1.807, 2.05) is 0 Å². The fourth-order valence-corrected chi connectivity index (χ4v) is 4.48. The molecule has 0 amide bonds. The van der Waals surface area contributed by atoms with Gasteiger partial charge in [0.1, 0.15) is 0 Å². The van der Waals surface area contributed by atoms with Crippen LogP contribution in [0, 0.1) is 0 Å². The molecule has 1 heterocycles. The van der Waals surface area contributed by atoms with Gasteiger partial charge in [0.05, 0.1) is 0 Å². The lowest BCUT2D eigenvalue weighted by molar-refractivity contribution is 0.141. The number of piperazine rings is 1. The highest BCUT2D eigenvalue weighted by Gasteiger charge is 2.28. The molecule has 0 bridgehead atoms. The van der Waals surface area contributed by atoms with E-state index < -0.39 is 0 Å². The molecular formula is C22H28N2. The van der Waals surface area contributed by atoms with Crippen LogP contribution in [-0.2, 0) is 0 Å². The second-order valence-electron chi connectivity index (χ2n) is 7.27. The molecule has 126 valence electrons. The van der Waals surface area contributed by atoms with Crippen molar-refractivity contribution >= 4 is 5.69 Å². The molecule has 0 aromatic heterocycles. The first-order chi connectivity index (χ1) is 11.9. The molecule has 4 rings (SSSR count). The summed E-state index contributed by atoms with van der Waals surface area (Å²) in [6.45, 7) is 4.77. The summed E-state index contributed by atoms with van der Waals surface area (Å²) in [4.78, 5) is 5.28. The zero-order valence-electron chi connectivity index (χ0n) is 14.5. The predicted molar refractivity (Wildman–Crippen MR) is 102 cm³/mol. The van der Waals surface area contributed by atoms with Gasteiger partial charge >= 0.3 is 0 Å². The van der Waals surface area contributed by atoms with Gasteiger partial charge in [-0.3, -0.25) is 4.90 Å². The molecule has 0 spiro atoms. The average molecular weight is 320 g/mol. The van der Waals surface area contributed by atoms with Gasteiger partial charge in [-0.15, -0.1) is 0 Å². The van der Waals surface area contributed by atoms with Gasteiger partial charge in [-0.25, -0.2) is 0 Å². The normalized spacial score (nSPS) is 25.6. The smallest absolute Gasteiger partial charge is 0.0367 e. The van der Waals surface area contributed by atoms with Gasteiger partial charge in [0.15, 0.2) is 0 Å². The quantitative estimate of drug-likeness (QED) is 0.819. The molecule has 2 aromatic carbocycles. The van der Waals surface area contributed by atoms with E-state index in [-0.39, 0.29) is 0 Å². The summed E-state index contributed by atoms with van der Waals surface area (Å²) >= 11 is 0. The molecule has 24 heavy (non-hydrogen) atoms. The summed E-state index contributed by atoms with van der Waals surface area (Å²) < 4.78 is 0. The van der Waals surface area contributed by atoms with Crippen LogP contribution < -0.4 is 4.90 Å². The van der Waals surface area contributed by atoms with Crippen LogP contribution in [0.25, 0.3) is 0 Å². The van der Waals surface area contributed by atoms with Crippen molar-refractivity contribution in [3.05, 3.63) is 66.2 Å². The van der Waals surface area contributed by atoms with E-state index in [1.165, 1.54) is 57.5 Å². The highest BCUT2D eigenvalue weighted by molar-refractivity contribution is 5.46. The van der Waals surface area contributed by atoms with Crippen molar-refractivity contribution in [2.45, 2.75) is 37.6 Å². The number of rotatable bonds is 3. The SMILES string of the molecule is c1ccc(N2CCN([C@H]3CC[C@H](c4ccccc4)CC3)CC2)cc1. The Hall–Kier alpha value is -1.80. The van der Waals surface area contributed by atoms with Crippen LogP contribution in [0.5, 0.6) is 0 Å². The molecule has 0 atom stereocenters. The Morgan fingerprint density at radius 2 is 1.21 bits per heavy atom. The number of benzene rings is 2. The maximum atomic E-state index is 2.75. The van der Waals surface area contributed by atoms with E-state index in [9.17, 15) is 0 Å². The summed E-state index contributed by atoms with van der Waals surface area (Å²) in [5.41, 5.74) is 2.93. The van der Waals surface area contributed by atoms with Crippen molar-refractivity contribution < 1.29 is 0 Å². The summed E-state index contributed by atoms with van der Waals surface area (Å²) in [5, 5.41) is 0. The fraction of sp³-hybridized carbons (Fsp3) is 0.455. The highest BCUT2D eigenvalue weighted by Crippen LogP contribution is 2.35. The molecule has 2 aromatic rings. The summed E-state index contributed by atoms with van der Waals surface area (Å²) in [5.74, 6) is 0.785. The van der Waals surface area contributed by atoms with Crippen molar-refractivity contribution in [2.24, 2.45) is 0 Å². The lowest BCUT2D eigenvalue weighted by atomic mass is 9.81. The third-order valence-electron chi connectivity index (χ3n) is 5.92. The van der Waals surface area contributed by atoms with Crippen LogP contribution in [0.15, 0.2) is 60.7 Å². The zero-order valence-corrected chi connectivity index (χ0v) is 14.5. The summed E-state index contributed by atoms with van der Waals surface area (Å²) in [6, 6.07) is 22.8. The monoisotopic (exact) mass is 320 g/mol. The number of hydrogen-bond acceptors (Lipinski definition) is 2. The Kier molecular flexibility index (Phi) is 4.84. The van der Waals surface area contributed by atoms with Crippen molar-refractivity contribution in [2.75, 3.05) is 31.1 Å². The Bertz CT molecular complexity index is 551. The summed E-state index contributed by atoms with van der Waals surface area (Å²) in [7, 11) is 0. The zero-order chi connectivity index (χ0) is 16.2. The Labute approximate surface area is 146 Å². The maximum absolute atomic E-state index is 2.75. The van der Waals surface area contributed by atoms with Gasteiger partial charge in [0.25, 0.3) is 0 Å². The maximum Gasteiger partial charge on any atom is 0.0367 e. The molecule has 0 unspecified atom stereocenters. The van der Waals surface area contributed by atoms with E-state index in [1.54, 1.807) is 5.56 Å². The van der Waals surface area contributed by atoms with Crippen molar-refractivity contribution in [3.8, 4) is 0 Å². The topological polar surface area (TPSA) is 6.48 Å². The van der Waals surface area contributed by atoms with E-state index in [0.717, 1.165) is 12.0 Å². The van der Waals surface area contributed by atoms with Crippen molar-refractivity contribution in [1.29, 1.82) is 0 Å². The molecule has 2 fully saturated rings. The molecule has 1 saturated carbocycles. The number of hydrogen-bond donors (Lipinski definition) is 0. The Morgan fingerprint density at radius 1 is 0.625 bits per heavy atom. The molecule has 2 heteroatoms. The first-order valence-corrected chi connectivity index (χ1v) is 9.49. The largest absolute Gasteiger partial charge is 0.369 e. The lowest BCUT2D eigenvalue weighted by Gasteiger charge is -2.42. The molecule has 1 aliphatic carbocycles. The number of anilines is 1. The van der Waals surface area contributed by atoms with Crippen LogP contribution in [0.3, 0.4) is 0 Å². The van der Waals surface area contributed by atoms with Crippen LogP contribution in [0.4, 0.5) is 5.69 Å².